The minimum atomic E-state index is 0.157. The predicted molar refractivity (Wildman–Crippen MR) is 85.1 cm³/mol. The third kappa shape index (κ3) is 2.73. The van der Waals surface area contributed by atoms with Crippen LogP contribution in [0.3, 0.4) is 0 Å². The lowest BCUT2D eigenvalue weighted by atomic mass is 9.99. The predicted octanol–water partition coefficient (Wildman–Crippen LogP) is 3.54. The molecule has 1 saturated heterocycles. The molecule has 1 heterocycles. The summed E-state index contributed by atoms with van der Waals surface area (Å²) in [5.41, 5.74) is 2.93. The van der Waals surface area contributed by atoms with E-state index >= 15 is 0 Å². The molecule has 2 nitrogen and oxygen atoms in total. The van der Waals surface area contributed by atoms with Gasteiger partial charge in [-0.2, -0.15) is 11.8 Å². The summed E-state index contributed by atoms with van der Waals surface area (Å²) in [6, 6.07) is 18.0. The summed E-state index contributed by atoms with van der Waals surface area (Å²) in [6.45, 7) is 1.71. The molecule has 1 aliphatic rings. The first-order valence-corrected chi connectivity index (χ1v) is 8.03. The van der Waals surface area contributed by atoms with E-state index in [4.69, 9.17) is 0 Å². The van der Waals surface area contributed by atoms with Crippen LogP contribution in [0.15, 0.2) is 54.6 Å². The maximum atomic E-state index is 12.7. The van der Waals surface area contributed by atoms with Crippen LogP contribution in [0.2, 0.25) is 0 Å². The summed E-state index contributed by atoms with van der Waals surface area (Å²) < 4.78 is 0. The molecule has 102 valence electrons. The number of carbonyl (C=O) groups is 1. The fourth-order valence-electron chi connectivity index (χ4n) is 2.48. The maximum absolute atomic E-state index is 12.7. The molecule has 0 N–H and O–H groups in total. The molecule has 0 radical (unpaired) electrons. The van der Waals surface area contributed by atoms with Gasteiger partial charge in [0, 0.05) is 30.2 Å². The Morgan fingerprint density at radius 1 is 0.900 bits per heavy atom. The summed E-state index contributed by atoms with van der Waals surface area (Å²) in [6.07, 6.45) is 0. The second-order valence-electron chi connectivity index (χ2n) is 4.82. The van der Waals surface area contributed by atoms with Crippen LogP contribution >= 0.6 is 11.8 Å². The number of hydrogen-bond acceptors (Lipinski definition) is 2. The molecule has 20 heavy (non-hydrogen) atoms. The molecule has 1 aliphatic heterocycles. The Kier molecular flexibility index (Phi) is 4.07. The average molecular weight is 283 g/mol. The van der Waals surface area contributed by atoms with E-state index in [2.05, 4.69) is 12.1 Å². The number of thioether (sulfide) groups is 1. The van der Waals surface area contributed by atoms with Gasteiger partial charge in [-0.25, -0.2) is 0 Å². The fraction of sp³-hybridized carbons (Fsp3) is 0.235. The van der Waals surface area contributed by atoms with Crippen molar-refractivity contribution in [2.75, 3.05) is 24.6 Å². The van der Waals surface area contributed by atoms with Gasteiger partial charge in [0.15, 0.2) is 0 Å². The minimum Gasteiger partial charge on any atom is -0.337 e. The van der Waals surface area contributed by atoms with Gasteiger partial charge in [-0.05, 0) is 17.2 Å². The number of hydrogen-bond donors (Lipinski definition) is 0. The average Bonchev–Trinajstić information content (AvgIpc) is 2.56. The highest BCUT2D eigenvalue weighted by atomic mass is 32.2. The highest BCUT2D eigenvalue weighted by molar-refractivity contribution is 7.99. The zero-order valence-corrected chi connectivity index (χ0v) is 12.1. The Labute approximate surface area is 123 Å². The Morgan fingerprint density at radius 2 is 1.55 bits per heavy atom. The van der Waals surface area contributed by atoms with E-state index in [0.717, 1.165) is 41.3 Å². The van der Waals surface area contributed by atoms with Crippen molar-refractivity contribution in [1.82, 2.24) is 4.90 Å². The van der Waals surface area contributed by atoms with E-state index in [9.17, 15) is 4.79 Å². The van der Waals surface area contributed by atoms with Crippen molar-refractivity contribution in [1.29, 1.82) is 0 Å². The third-order valence-electron chi connectivity index (χ3n) is 3.54. The van der Waals surface area contributed by atoms with Crippen molar-refractivity contribution in [2.24, 2.45) is 0 Å². The highest BCUT2D eigenvalue weighted by Crippen LogP contribution is 2.25. The molecule has 0 spiro atoms. The highest BCUT2D eigenvalue weighted by Gasteiger charge is 2.20. The summed E-state index contributed by atoms with van der Waals surface area (Å²) in [5, 5.41) is 0. The van der Waals surface area contributed by atoms with E-state index in [1.165, 1.54) is 0 Å². The van der Waals surface area contributed by atoms with E-state index in [1.807, 2.05) is 59.1 Å². The van der Waals surface area contributed by atoms with Crippen molar-refractivity contribution in [3.8, 4) is 11.1 Å². The molecule has 3 heteroatoms. The van der Waals surface area contributed by atoms with Crippen molar-refractivity contribution in [2.45, 2.75) is 0 Å². The zero-order chi connectivity index (χ0) is 13.8. The van der Waals surface area contributed by atoms with E-state index < -0.39 is 0 Å². The minimum absolute atomic E-state index is 0.157. The van der Waals surface area contributed by atoms with Crippen molar-refractivity contribution >= 4 is 17.7 Å². The van der Waals surface area contributed by atoms with Gasteiger partial charge < -0.3 is 4.90 Å². The summed E-state index contributed by atoms with van der Waals surface area (Å²) in [5.74, 6) is 2.24. The molecule has 0 atom stereocenters. The van der Waals surface area contributed by atoms with Crippen LogP contribution in [-0.4, -0.2) is 35.4 Å². The molecule has 3 rings (SSSR count). The lowest BCUT2D eigenvalue weighted by Crippen LogP contribution is -2.38. The molecule has 1 fully saturated rings. The van der Waals surface area contributed by atoms with E-state index in [1.54, 1.807) is 0 Å². The Morgan fingerprint density at radius 3 is 2.30 bits per heavy atom. The summed E-state index contributed by atoms with van der Waals surface area (Å²) in [4.78, 5) is 14.7. The van der Waals surface area contributed by atoms with Crippen LogP contribution in [0.5, 0.6) is 0 Å². The molecule has 2 aromatic carbocycles. The van der Waals surface area contributed by atoms with Crippen molar-refractivity contribution < 1.29 is 4.79 Å². The fourth-order valence-corrected chi connectivity index (χ4v) is 3.38. The molecule has 0 saturated carbocycles. The molecule has 0 aromatic heterocycles. The number of benzene rings is 2. The van der Waals surface area contributed by atoms with Gasteiger partial charge in [0.1, 0.15) is 0 Å². The monoisotopic (exact) mass is 283 g/mol. The Balaban J connectivity index is 1.95. The molecular formula is C17H17NOS. The first kappa shape index (κ1) is 13.3. The molecule has 0 bridgehead atoms. The largest absolute Gasteiger partial charge is 0.337 e. The normalized spacial score (nSPS) is 15.1. The standard InChI is InChI=1S/C17H17NOS/c19-17(18-10-12-20-13-11-18)16-9-5-4-8-15(16)14-6-2-1-3-7-14/h1-9H,10-13H2. The SMILES string of the molecule is O=C(c1ccccc1-c1ccccc1)N1CCSCC1. The van der Waals surface area contributed by atoms with Gasteiger partial charge in [-0.3, -0.25) is 4.79 Å². The molecule has 1 amide bonds. The molecule has 0 aliphatic carbocycles. The lowest BCUT2D eigenvalue weighted by molar-refractivity contribution is 0.0773. The summed E-state index contributed by atoms with van der Waals surface area (Å²) >= 11 is 1.92. The maximum Gasteiger partial charge on any atom is 0.254 e. The molecular weight excluding hydrogens is 266 g/mol. The Bertz CT molecular complexity index is 591. The van der Waals surface area contributed by atoms with E-state index in [0.29, 0.717) is 0 Å². The van der Waals surface area contributed by atoms with Gasteiger partial charge in [0.25, 0.3) is 5.91 Å². The number of carbonyl (C=O) groups excluding carboxylic acids is 1. The van der Waals surface area contributed by atoms with Crippen molar-refractivity contribution in [3.05, 3.63) is 60.2 Å². The quantitative estimate of drug-likeness (QED) is 0.840. The van der Waals surface area contributed by atoms with Crippen LogP contribution in [0.1, 0.15) is 10.4 Å². The van der Waals surface area contributed by atoms with Crippen LogP contribution in [-0.2, 0) is 0 Å². The first-order valence-electron chi connectivity index (χ1n) is 6.88. The van der Waals surface area contributed by atoms with Crippen LogP contribution in [0, 0.1) is 0 Å². The molecule has 2 aromatic rings. The third-order valence-corrected chi connectivity index (χ3v) is 4.48. The number of amides is 1. The van der Waals surface area contributed by atoms with Crippen LogP contribution in [0.25, 0.3) is 11.1 Å². The number of rotatable bonds is 2. The van der Waals surface area contributed by atoms with Gasteiger partial charge in [0.2, 0.25) is 0 Å². The van der Waals surface area contributed by atoms with E-state index in [-0.39, 0.29) is 5.91 Å². The van der Waals surface area contributed by atoms with Gasteiger partial charge in [0.05, 0.1) is 0 Å². The second kappa shape index (κ2) is 6.14. The summed E-state index contributed by atoms with van der Waals surface area (Å²) in [7, 11) is 0. The van der Waals surface area contributed by atoms with Crippen LogP contribution in [0.4, 0.5) is 0 Å². The lowest BCUT2D eigenvalue weighted by Gasteiger charge is -2.27. The first-order chi connectivity index (χ1) is 9.86. The smallest absolute Gasteiger partial charge is 0.254 e. The van der Waals surface area contributed by atoms with Crippen molar-refractivity contribution in [3.63, 3.8) is 0 Å². The second-order valence-corrected chi connectivity index (χ2v) is 6.04. The van der Waals surface area contributed by atoms with Gasteiger partial charge >= 0.3 is 0 Å². The van der Waals surface area contributed by atoms with Gasteiger partial charge in [-0.15, -0.1) is 0 Å². The number of nitrogens with zero attached hydrogens (tertiary/aromatic N) is 1. The topological polar surface area (TPSA) is 20.3 Å². The molecule has 0 unspecified atom stereocenters. The van der Waals surface area contributed by atoms with Crippen LogP contribution < -0.4 is 0 Å². The zero-order valence-electron chi connectivity index (χ0n) is 11.3. The van der Waals surface area contributed by atoms with Gasteiger partial charge in [-0.1, -0.05) is 48.5 Å². The Hall–Kier alpha value is -1.74.